The Morgan fingerprint density at radius 3 is 2.33 bits per heavy atom. The van der Waals surface area contributed by atoms with Crippen LogP contribution < -0.4 is 5.32 Å². The minimum Gasteiger partial charge on any atom is -0.314 e. The van der Waals surface area contributed by atoms with Gasteiger partial charge in [-0.25, -0.2) is 0 Å². The van der Waals surface area contributed by atoms with Gasteiger partial charge in [-0.2, -0.15) is 0 Å². The highest BCUT2D eigenvalue weighted by Gasteiger charge is 2.41. The van der Waals surface area contributed by atoms with Crippen LogP contribution in [0.5, 0.6) is 0 Å². The van der Waals surface area contributed by atoms with E-state index >= 15 is 0 Å². The molecule has 2 heterocycles. The summed E-state index contributed by atoms with van der Waals surface area (Å²) in [7, 11) is 2.11. The normalized spacial score (nSPS) is 38.2. The summed E-state index contributed by atoms with van der Waals surface area (Å²) in [4.78, 5) is 5.54. The third-order valence-corrected chi connectivity index (χ3v) is 5.64. The Hall–Kier alpha value is -0.120. The number of hydrogen-bond acceptors (Lipinski definition) is 3. The van der Waals surface area contributed by atoms with E-state index in [1.807, 2.05) is 0 Å². The van der Waals surface area contributed by atoms with Crippen molar-refractivity contribution >= 4 is 0 Å². The molecule has 0 aromatic heterocycles. The molecule has 0 spiro atoms. The molecule has 0 bridgehead atoms. The molecule has 2 unspecified atom stereocenters. The van der Waals surface area contributed by atoms with Crippen molar-refractivity contribution in [3.05, 3.63) is 0 Å². The molecule has 18 heavy (non-hydrogen) atoms. The largest absolute Gasteiger partial charge is 0.314 e. The van der Waals surface area contributed by atoms with Crippen molar-refractivity contribution in [1.29, 1.82) is 0 Å². The van der Waals surface area contributed by atoms with E-state index in [2.05, 4.69) is 36.0 Å². The van der Waals surface area contributed by atoms with E-state index < -0.39 is 0 Å². The number of nitrogens with one attached hydrogen (secondary N) is 1. The Morgan fingerprint density at radius 1 is 1.11 bits per heavy atom. The number of likely N-dealkylation sites (tertiary alicyclic amines) is 2. The highest BCUT2D eigenvalue weighted by atomic mass is 15.3. The average Bonchev–Trinajstić information content (AvgIpc) is 3.14. The van der Waals surface area contributed by atoms with E-state index in [9.17, 15) is 0 Å². The summed E-state index contributed by atoms with van der Waals surface area (Å²) in [5, 5.41) is 3.50. The first kappa shape index (κ1) is 12.9. The maximum Gasteiger partial charge on any atom is 0.0238 e. The molecule has 0 aromatic rings. The predicted octanol–water partition coefficient (Wildman–Crippen LogP) is 1.69. The van der Waals surface area contributed by atoms with Gasteiger partial charge in [-0.15, -0.1) is 0 Å². The monoisotopic (exact) mass is 251 g/mol. The van der Waals surface area contributed by atoms with E-state index in [0.29, 0.717) is 5.54 Å². The third-order valence-electron chi connectivity index (χ3n) is 5.64. The van der Waals surface area contributed by atoms with E-state index in [0.717, 1.165) is 18.1 Å². The lowest BCUT2D eigenvalue weighted by molar-refractivity contribution is 0.111. The van der Waals surface area contributed by atoms with Gasteiger partial charge >= 0.3 is 0 Å². The Balaban J connectivity index is 1.54. The van der Waals surface area contributed by atoms with Gasteiger partial charge in [0.05, 0.1) is 0 Å². The fourth-order valence-corrected chi connectivity index (χ4v) is 3.84. The second-order valence-corrected chi connectivity index (χ2v) is 7.01. The van der Waals surface area contributed by atoms with E-state index in [1.165, 1.54) is 51.7 Å². The van der Waals surface area contributed by atoms with E-state index in [1.54, 1.807) is 0 Å². The Kier molecular flexibility index (Phi) is 3.41. The molecule has 3 nitrogen and oxygen atoms in total. The van der Waals surface area contributed by atoms with Gasteiger partial charge in [-0.3, -0.25) is 9.80 Å². The first-order chi connectivity index (χ1) is 8.61. The summed E-state index contributed by atoms with van der Waals surface area (Å²) in [5.41, 5.74) is 0.386. The van der Waals surface area contributed by atoms with Gasteiger partial charge in [0, 0.05) is 43.3 Å². The van der Waals surface area contributed by atoms with Crippen LogP contribution in [-0.4, -0.2) is 60.1 Å². The lowest BCUT2D eigenvalue weighted by Gasteiger charge is -2.41. The second kappa shape index (κ2) is 4.77. The summed E-state index contributed by atoms with van der Waals surface area (Å²) in [6.45, 7) is 8.71. The van der Waals surface area contributed by atoms with Crippen LogP contribution in [0, 0.1) is 0 Å². The van der Waals surface area contributed by atoms with Crippen molar-refractivity contribution < 1.29 is 0 Å². The van der Waals surface area contributed by atoms with Crippen LogP contribution in [-0.2, 0) is 0 Å². The molecule has 3 rings (SSSR count). The number of rotatable bonds is 3. The fourth-order valence-electron chi connectivity index (χ4n) is 3.84. The smallest absolute Gasteiger partial charge is 0.0238 e. The Bertz CT molecular complexity index is 292. The summed E-state index contributed by atoms with van der Waals surface area (Å²) >= 11 is 0. The topological polar surface area (TPSA) is 18.5 Å². The summed E-state index contributed by atoms with van der Waals surface area (Å²) in [6, 6.07) is 2.60. The van der Waals surface area contributed by atoms with Gasteiger partial charge in [0.25, 0.3) is 0 Å². The maximum absolute atomic E-state index is 3.50. The van der Waals surface area contributed by atoms with Crippen LogP contribution in [0.3, 0.4) is 0 Å². The molecule has 0 aromatic carbocycles. The molecule has 1 aliphatic carbocycles. The molecule has 1 N–H and O–H groups in total. The third kappa shape index (κ3) is 2.45. The molecular weight excluding hydrogens is 222 g/mol. The van der Waals surface area contributed by atoms with Crippen molar-refractivity contribution in [2.24, 2.45) is 0 Å². The molecule has 104 valence electrons. The Morgan fingerprint density at radius 2 is 1.78 bits per heavy atom. The zero-order valence-corrected chi connectivity index (χ0v) is 12.3. The zero-order valence-electron chi connectivity index (χ0n) is 12.3. The van der Waals surface area contributed by atoms with E-state index in [-0.39, 0.29) is 0 Å². The minimum absolute atomic E-state index is 0.386. The van der Waals surface area contributed by atoms with Gasteiger partial charge < -0.3 is 5.32 Å². The molecular formula is C15H29N3. The lowest BCUT2D eigenvalue weighted by atomic mass is 9.89. The summed E-state index contributed by atoms with van der Waals surface area (Å²) in [6.07, 6.45) is 6.91. The molecule has 3 heteroatoms. The van der Waals surface area contributed by atoms with Crippen molar-refractivity contribution in [3.8, 4) is 0 Å². The van der Waals surface area contributed by atoms with Crippen LogP contribution in [0.2, 0.25) is 0 Å². The van der Waals surface area contributed by atoms with Crippen LogP contribution in [0.25, 0.3) is 0 Å². The van der Waals surface area contributed by atoms with Gasteiger partial charge in [0.15, 0.2) is 0 Å². The van der Waals surface area contributed by atoms with E-state index in [4.69, 9.17) is 0 Å². The first-order valence-corrected chi connectivity index (χ1v) is 7.80. The quantitative estimate of drug-likeness (QED) is 0.823. The number of nitrogens with zero attached hydrogens (tertiary/aromatic N) is 2. The van der Waals surface area contributed by atoms with Gasteiger partial charge in [-0.1, -0.05) is 0 Å². The predicted molar refractivity (Wildman–Crippen MR) is 75.9 cm³/mol. The van der Waals surface area contributed by atoms with Crippen molar-refractivity contribution in [1.82, 2.24) is 15.1 Å². The van der Waals surface area contributed by atoms with Gasteiger partial charge in [0.2, 0.25) is 0 Å². The van der Waals surface area contributed by atoms with Gasteiger partial charge in [-0.05, 0) is 53.0 Å². The average molecular weight is 251 g/mol. The highest BCUT2D eigenvalue weighted by molar-refractivity contribution is 4.99. The van der Waals surface area contributed by atoms with Crippen molar-refractivity contribution in [3.63, 3.8) is 0 Å². The molecule has 0 amide bonds. The van der Waals surface area contributed by atoms with Crippen LogP contribution in [0.15, 0.2) is 0 Å². The van der Waals surface area contributed by atoms with Crippen LogP contribution >= 0.6 is 0 Å². The highest BCUT2D eigenvalue weighted by Crippen LogP contribution is 2.35. The van der Waals surface area contributed by atoms with Gasteiger partial charge in [0.1, 0.15) is 0 Å². The summed E-state index contributed by atoms with van der Waals surface area (Å²) in [5.74, 6) is 0. The molecule has 3 aliphatic rings. The zero-order chi connectivity index (χ0) is 12.8. The lowest BCUT2D eigenvalue weighted by Crippen LogP contribution is -2.52. The standard InChI is InChI=1S/C15H29N3/c1-12-10-14(11-18(12)13-4-5-13)17-8-6-15(2,16-3)7-9-17/h12-14,16H,4-11H2,1-3H3. The molecule has 3 fully saturated rings. The molecule has 1 saturated carbocycles. The van der Waals surface area contributed by atoms with Crippen molar-refractivity contribution in [2.75, 3.05) is 26.7 Å². The molecule has 2 saturated heterocycles. The number of hydrogen-bond donors (Lipinski definition) is 1. The summed E-state index contributed by atoms with van der Waals surface area (Å²) < 4.78 is 0. The minimum atomic E-state index is 0.386. The van der Waals surface area contributed by atoms with Crippen molar-refractivity contribution in [2.45, 2.75) is 69.6 Å². The van der Waals surface area contributed by atoms with Crippen LogP contribution in [0.4, 0.5) is 0 Å². The molecule has 2 aliphatic heterocycles. The van der Waals surface area contributed by atoms with Crippen LogP contribution in [0.1, 0.15) is 46.0 Å². The second-order valence-electron chi connectivity index (χ2n) is 7.01. The SMILES string of the molecule is CNC1(C)CCN(C2CC(C)N(C3CC3)C2)CC1. The Labute approximate surface area is 112 Å². The molecule has 0 radical (unpaired) electrons. The maximum atomic E-state index is 3.50. The number of piperidine rings is 1. The fraction of sp³-hybridized carbons (Fsp3) is 1.00. The molecule has 2 atom stereocenters. The first-order valence-electron chi connectivity index (χ1n) is 7.80.